The van der Waals surface area contributed by atoms with Crippen LogP contribution in [-0.4, -0.2) is 49.2 Å². The van der Waals surface area contributed by atoms with Crippen LogP contribution in [0.4, 0.5) is 5.95 Å². The van der Waals surface area contributed by atoms with Crippen molar-refractivity contribution in [3.63, 3.8) is 0 Å². The van der Waals surface area contributed by atoms with Crippen molar-refractivity contribution in [2.75, 3.05) is 18.0 Å². The molecule has 0 atom stereocenters. The molecule has 5 rings (SSSR count). The van der Waals surface area contributed by atoms with Crippen molar-refractivity contribution in [3.05, 3.63) is 53.1 Å². The van der Waals surface area contributed by atoms with Crippen LogP contribution in [0.25, 0.3) is 22.4 Å². The summed E-state index contributed by atoms with van der Waals surface area (Å²) in [5.41, 5.74) is 6.73. The molecule has 0 radical (unpaired) electrons. The maximum Gasteiger partial charge on any atom is 0.223 e. The van der Waals surface area contributed by atoms with Crippen molar-refractivity contribution >= 4 is 22.9 Å². The average Bonchev–Trinajstić information content (AvgIpc) is 3.52. The van der Waals surface area contributed by atoms with Crippen molar-refractivity contribution in [2.24, 2.45) is 5.92 Å². The van der Waals surface area contributed by atoms with Crippen LogP contribution >= 0.6 is 0 Å². The van der Waals surface area contributed by atoms with Gasteiger partial charge >= 0.3 is 0 Å². The minimum absolute atomic E-state index is 0.0205. The lowest BCUT2D eigenvalue weighted by Crippen LogP contribution is -2.41. The van der Waals surface area contributed by atoms with Crippen LogP contribution in [-0.2, 0) is 11.3 Å². The molecule has 2 N–H and O–H groups in total. The molecule has 0 saturated carbocycles. The second-order valence-corrected chi connectivity index (χ2v) is 9.73. The van der Waals surface area contributed by atoms with E-state index in [0.29, 0.717) is 18.4 Å². The van der Waals surface area contributed by atoms with E-state index >= 15 is 0 Å². The first kappa shape index (κ1) is 23.0. The molecular weight excluding hydrogens is 440 g/mol. The van der Waals surface area contributed by atoms with Gasteiger partial charge in [-0.25, -0.2) is 10.1 Å². The zero-order chi connectivity index (χ0) is 24.5. The third-order valence-corrected chi connectivity index (χ3v) is 6.99. The predicted octanol–water partition coefficient (Wildman–Crippen LogP) is 3.95. The Hall–Kier alpha value is -3.75. The number of piperidine rings is 1. The van der Waals surface area contributed by atoms with Crippen molar-refractivity contribution in [3.8, 4) is 11.4 Å². The van der Waals surface area contributed by atoms with E-state index in [1.807, 2.05) is 24.3 Å². The molecule has 0 spiro atoms. The molecule has 1 amide bonds. The van der Waals surface area contributed by atoms with Crippen molar-refractivity contribution in [2.45, 2.75) is 53.1 Å². The molecule has 1 fully saturated rings. The van der Waals surface area contributed by atoms with E-state index in [9.17, 15) is 4.79 Å². The number of hydrogen-bond acceptors (Lipinski definition) is 6. The van der Waals surface area contributed by atoms with Gasteiger partial charge in [0.1, 0.15) is 0 Å². The Labute approximate surface area is 204 Å². The molecule has 2 aromatic carbocycles. The Balaban J connectivity index is 1.21. The highest BCUT2D eigenvalue weighted by Crippen LogP contribution is 2.31. The third kappa shape index (κ3) is 4.62. The van der Waals surface area contributed by atoms with Crippen LogP contribution in [0, 0.1) is 19.8 Å². The van der Waals surface area contributed by atoms with Crippen LogP contribution in [0.15, 0.2) is 36.4 Å². The van der Waals surface area contributed by atoms with Crippen LogP contribution in [0.1, 0.15) is 49.4 Å². The maximum absolute atomic E-state index is 12.9. The van der Waals surface area contributed by atoms with Gasteiger partial charge in [0.15, 0.2) is 5.82 Å². The van der Waals surface area contributed by atoms with Gasteiger partial charge in [0.05, 0.1) is 11.0 Å². The normalized spacial score (nSPS) is 14.7. The van der Waals surface area contributed by atoms with Gasteiger partial charge in [0, 0.05) is 37.2 Å². The molecule has 35 heavy (non-hydrogen) atoms. The Morgan fingerprint density at radius 3 is 2.49 bits per heavy atom. The van der Waals surface area contributed by atoms with E-state index < -0.39 is 0 Å². The number of carbonyl (C=O) groups excluding carboxylic acids is 1. The molecule has 0 unspecified atom stereocenters. The van der Waals surface area contributed by atoms with Crippen LogP contribution in [0.3, 0.4) is 0 Å². The molecule has 9 nitrogen and oxygen atoms in total. The Morgan fingerprint density at radius 1 is 1.11 bits per heavy atom. The second-order valence-electron chi connectivity index (χ2n) is 9.73. The number of imidazole rings is 1. The number of anilines is 1. The smallest absolute Gasteiger partial charge is 0.223 e. The van der Waals surface area contributed by atoms with Gasteiger partial charge in [-0.15, -0.1) is 5.10 Å². The van der Waals surface area contributed by atoms with Gasteiger partial charge in [-0.05, 0) is 79.8 Å². The number of aromatic nitrogens is 6. The lowest BCUT2D eigenvalue weighted by Gasteiger charge is -2.33. The summed E-state index contributed by atoms with van der Waals surface area (Å²) < 4.78 is 2.33. The number of amides is 1. The molecular formula is C26H32N8O. The van der Waals surface area contributed by atoms with E-state index in [1.54, 1.807) is 0 Å². The summed E-state index contributed by atoms with van der Waals surface area (Å²) in [7, 11) is 0. The largest absolute Gasteiger partial charge is 0.352 e. The predicted molar refractivity (Wildman–Crippen MR) is 136 cm³/mol. The van der Waals surface area contributed by atoms with E-state index in [0.717, 1.165) is 48.5 Å². The number of carbonyl (C=O) groups is 1. The summed E-state index contributed by atoms with van der Waals surface area (Å²) >= 11 is 0. The SMILES string of the molecule is Cc1cc2nc(N3CCC(C(=O)NCc4ccc(-c5nnn[nH]5)cc4)CC3)n(C(C)C)c2cc1C. The molecule has 182 valence electrons. The molecule has 4 aromatic rings. The highest BCUT2D eigenvalue weighted by atomic mass is 16.1. The van der Waals surface area contributed by atoms with Crippen molar-refractivity contribution in [1.82, 2.24) is 35.5 Å². The number of benzene rings is 2. The number of H-pyrrole nitrogens is 1. The Bertz CT molecular complexity index is 1320. The molecule has 0 aliphatic carbocycles. The molecule has 0 bridgehead atoms. The Morgan fingerprint density at radius 2 is 1.83 bits per heavy atom. The monoisotopic (exact) mass is 472 g/mol. The number of fused-ring (bicyclic) bond motifs is 1. The standard InChI is InChI=1S/C26H32N8O/c1-16(2)34-23-14-18(4)17(3)13-22(23)28-26(34)33-11-9-21(10-12-33)25(35)27-15-19-5-7-20(8-6-19)24-29-31-32-30-24/h5-8,13-14,16,21H,9-12,15H2,1-4H3,(H,27,35)(H,29,30,31,32). The van der Waals surface area contributed by atoms with Crippen molar-refractivity contribution in [1.29, 1.82) is 0 Å². The van der Waals surface area contributed by atoms with E-state index in [2.05, 4.69) is 75.2 Å². The highest BCUT2D eigenvalue weighted by molar-refractivity contribution is 5.81. The lowest BCUT2D eigenvalue weighted by atomic mass is 9.96. The molecule has 9 heteroatoms. The summed E-state index contributed by atoms with van der Waals surface area (Å²) in [6, 6.07) is 12.6. The fourth-order valence-electron chi connectivity index (χ4n) is 4.81. The summed E-state index contributed by atoms with van der Waals surface area (Å²) in [6.07, 6.45) is 1.64. The number of nitrogens with one attached hydrogen (secondary N) is 2. The lowest BCUT2D eigenvalue weighted by molar-refractivity contribution is -0.125. The first-order valence-corrected chi connectivity index (χ1v) is 12.3. The fourth-order valence-corrected chi connectivity index (χ4v) is 4.81. The number of tetrazole rings is 1. The summed E-state index contributed by atoms with van der Waals surface area (Å²) in [4.78, 5) is 20.2. The zero-order valence-electron chi connectivity index (χ0n) is 20.7. The van der Waals surface area contributed by atoms with Gasteiger partial charge in [0.2, 0.25) is 11.9 Å². The number of rotatable bonds is 6. The summed E-state index contributed by atoms with van der Waals surface area (Å²) in [5.74, 6) is 1.79. The number of aromatic amines is 1. The van der Waals surface area contributed by atoms with Crippen LogP contribution in [0.5, 0.6) is 0 Å². The number of aryl methyl sites for hydroxylation is 2. The molecule has 2 aromatic heterocycles. The van der Waals surface area contributed by atoms with Gasteiger partial charge in [-0.1, -0.05) is 24.3 Å². The van der Waals surface area contributed by atoms with E-state index in [-0.39, 0.29) is 11.8 Å². The third-order valence-electron chi connectivity index (χ3n) is 6.99. The Kier molecular flexibility index (Phi) is 6.23. The second kappa shape index (κ2) is 9.48. The molecule has 1 saturated heterocycles. The highest BCUT2D eigenvalue weighted by Gasteiger charge is 2.28. The summed E-state index contributed by atoms with van der Waals surface area (Å²) in [6.45, 7) is 10.9. The zero-order valence-corrected chi connectivity index (χ0v) is 20.7. The van der Waals surface area contributed by atoms with Crippen LogP contribution in [0.2, 0.25) is 0 Å². The first-order chi connectivity index (χ1) is 16.9. The van der Waals surface area contributed by atoms with Crippen molar-refractivity contribution < 1.29 is 4.79 Å². The number of nitrogens with zero attached hydrogens (tertiary/aromatic N) is 6. The molecule has 1 aliphatic heterocycles. The van der Waals surface area contributed by atoms with Crippen LogP contribution < -0.4 is 10.2 Å². The maximum atomic E-state index is 12.9. The topological polar surface area (TPSA) is 105 Å². The van der Waals surface area contributed by atoms with Gasteiger partial charge in [-0.3, -0.25) is 4.79 Å². The van der Waals surface area contributed by atoms with E-state index in [1.165, 1.54) is 16.6 Å². The fraction of sp³-hybridized carbons (Fsp3) is 0.423. The average molecular weight is 473 g/mol. The van der Waals surface area contributed by atoms with Gasteiger partial charge in [0.25, 0.3) is 0 Å². The first-order valence-electron chi connectivity index (χ1n) is 12.3. The summed E-state index contributed by atoms with van der Waals surface area (Å²) in [5, 5.41) is 17.0. The van der Waals surface area contributed by atoms with Gasteiger partial charge < -0.3 is 14.8 Å². The molecule has 3 heterocycles. The van der Waals surface area contributed by atoms with E-state index in [4.69, 9.17) is 4.98 Å². The molecule has 1 aliphatic rings. The quantitative estimate of drug-likeness (QED) is 0.440. The minimum Gasteiger partial charge on any atom is -0.352 e. The minimum atomic E-state index is 0.0205. The van der Waals surface area contributed by atoms with Gasteiger partial charge in [-0.2, -0.15) is 0 Å². The number of hydrogen-bond donors (Lipinski definition) is 2.